The molecule has 0 spiro atoms. The molecule has 10 nitrogen and oxygen atoms in total. The van der Waals surface area contributed by atoms with Gasteiger partial charge in [-0.2, -0.15) is 0 Å². The van der Waals surface area contributed by atoms with Crippen LogP contribution in [0.5, 0.6) is 0 Å². The summed E-state index contributed by atoms with van der Waals surface area (Å²) in [4.78, 5) is 23.8. The molecule has 0 amide bonds. The molecule has 2 N–H and O–H groups in total. The van der Waals surface area contributed by atoms with E-state index in [-0.39, 0.29) is 16.2 Å². The van der Waals surface area contributed by atoms with Crippen molar-refractivity contribution in [2.24, 2.45) is 10.3 Å². The topological polar surface area (TPSA) is 168 Å². The van der Waals surface area contributed by atoms with Crippen molar-refractivity contribution < 1.29 is 36.8 Å². The molecule has 0 radical (unpaired) electrons. The fourth-order valence-corrected chi connectivity index (χ4v) is 6.87. The molecule has 12 heteroatoms. The highest BCUT2D eigenvalue weighted by Crippen LogP contribution is 2.27. The van der Waals surface area contributed by atoms with E-state index in [2.05, 4.69) is 10.3 Å². The Bertz CT molecular complexity index is 1150. The molecule has 0 aliphatic heterocycles. The first-order valence-corrected chi connectivity index (χ1v) is 12.5. The highest BCUT2D eigenvalue weighted by atomic mass is 32.3. The van der Waals surface area contributed by atoms with Gasteiger partial charge < -0.3 is 10.4 Å². The van der Waals surface area contributed by atoms with Gasteiger partial charge in [-0.1, -0.05) is 52.6 Å². The summed E-state index contributed by atoms with van der Waals surface area (Å²) in [5.41, 5.74) is 1.53. The average molecular weight is 497 g/mol. The minimum atomic E-state index is -4.65. The SMILES string of the molecule is CCC(=O)C(=O)C(S(=O)(=O)c1ccc(C)cc1)S(=O)(=O)c1ccc(C)cc1.O/N=C\C=N/O. The summed E-state index contributed by atoms with van der Waals surface area (Å²) in [5.74, 6) is -2.50. The van der Waals surface area contributed by atoms with Crippen LogP contribution < -0.4 is 0 Å². The molecule has 0 aromatic heterocycles. The summed E-state index contributed by atoms with van der Waals surface area (Å²) in [6.45, 7) is 4.85. The van der Waals surface area contributed by atoms with Crippen molar-refractivity contribution in [1.82, 2.24) is 0 Å². The first-order chi connectivity index (χ1) is 15.4. The summed E-state index contributed by atoms with van der Waals surface area (Å²) in [7, 11) is -9.29. The predicted octanol–water partition coefficient (Wildman–Crippen LogP) is 2.33. The van der Waals surface area contributed by atoms with Crippen LogP contribution in [0.4, 0.5) is 0 Å². The van der Waals surface area contributed by atoms with Crippen molar-refractivity contribution in [3.63, 3.8) is 0 Å². The summed E-state index contributed by atoms with van der Waals surface area (Å²) in [5, 5.41) is 20.1. The third-order valence-electron chi connectivity index (χ3n) is 4.27. The number of hydrogen-bond donors (Lipinski definition) is 2. The van der Waals surface area contributed by atoms with Gasteiger partial charge in [0.2, 0.25) is 35.8 Å². The lowest BCUT2D eigenvalue weighted by molar-refractivity contribution is -0.135. The maximum absolute atomic E-state index is 13.0. The van der Waals surface area contributed by atoms with Crippen molar-refractivity contribution in [2.75, 3.05) is 0 Å². The van der Waals surface area contributed by atoms with E-state index >= 15 is 0 Å². The molecule has 0 saturated carbocycles. The quantitative estimate of drug-likeness (QED) is 0.243. The van der Waals surface area contributed by atoms with Crippen LogP contribution in [0.3, 0.4) is 0 Å². The van der Waals surface area contributed by atoms with Crippen LogP contribution in [0.15, 0.2) is 68.6 Å². The van der Waals surface area contributed by atoms with Gasteiger partial charge in [0.1, 0.15) is 0 Å². The Morgan fingerprint density at radius 2 is 1.12 bits per heavy atom. The van der Waals surface area contributed by atoms with E-state index < -0.39 is 35.8 Å². The second-order valence-electron chi connectivity index (χ2n) is 6.72. The van der Waals surface area contributed by atoms with E-state index in [9.17, 15) is 26.4 Å². The smallest absolute Gasteiger partial charge is 0.237 e. The first-order valence-electron chi connectivity index (χ1n) is 9.45. The molecule has 2 rings (SSSR count). The van der Waals surface area contributed by atoms with Gasteiger partial charge in [-0.15, -0.1) is 0 Å². The van der Waals surface area contributed by atoms with Gasteiger partial charge >= 0.3 is 0 Å². The lowest BCUT2D eigenvalue weighted by Crippen LogP contribution is -2.41. The van der Waals surface area contributed by atoms with Gasteiger partial charge in [0.05, 0.1) is 22.2 Å². The predicted molar refractivity (Wildman–Crippen MR) is 121 cm³/mol. The number of aryl methyl sites for hydroxylation is 2. The van der Waals surface area contributed by atoms with Crippen molar-refractivity contribution in [3.8, 4) is 0 Å². The fourth-order valence-electron chi connectivity index (χ4n) is 2.52. The van der Waals surface area contributed by atoms with Crippen molar-refractivity contribution in [2.45, 2.75) is 41.6 Å². The molecule has 2 aromatic rings. The number of sulfone groups is 2. The zero-order valence-corrected chi connectivity index (χ0v) is 19.7. The van der Waals surface area contributed by atoms with Gasteiger partial charge in [-0.3, -0.25) is 9.59 Å². The van der Waals surface area contributed by atoms with E-state index in [0.29, 0.717) is 0 Å². The molecule has 0 aliphatic rings. The van der Waals surface area contributed by atoms with Crippen molar-refractivity contribution in [3.05, 3.63) is 59.7 Å². The minimum absolute atomic E-state index is 0.290. The molecule has 0 saturated heterocycles. The van der Waals surface area contributed by atoms with Crippen LogP contribution in [0, 0.1) is 13.8 Å². The number of carbonyl (C=O) groups excluding carboxylic acids is 2. The Labute approximate surface area is 192 Å². The molecule has 0 unspecified atom stereocenters. The largest absolute Gasteiger partial charge is 0.411 e. The van der Waals surface area contributed by atoms with Crippen LogP contribution in [-0.2, 0) is 29.3 Å². The van der Waals surface area contributed by atoms with Crippen LogP contribution in [-0.4, -0.2) is 55.8 Å². The normalized spacial score (nSPS) is 12.0. The fraction of sp³-hybridized carbons (Fsp3) is 0.238. The van der Waals surface area contributed by atoms with E-state index in [1.54, 1.807) is 13.8 Å². The Morgan fingerprint density at radius 3 is 1.39 bits per heavy atom. The third kappa shape index (κ3) is 7.05. The molecule has 0 fully saturated rings. The average Bonchev–Trinajstić information content (AvgIpc) is 2.77. The highest BCUT2D eigenvalue weighted by molar-refractivity contribution is 8.10. The number of benzene rings is 2. The Balaban J connectivity index is 0.000000801. The summed E-state index contributed by atoms with van der Waals surface area (Å²) < 4.78 is 49.6. The Hall–Kier alpha value is -3.38. The molecule has 33 heavy (non-hydrogen) atoms. The monoisotopic (exact) mass is 496 g/mol. The van der Waals surface area contributed by atoms with E-state index in [4.69, 9.17) is 10.4 Å². The second-order valence-corrected chi connectivity index (χ2v) is 11.1. The summed E-state index contributed by atoms with van der Waals surface area (Å²) in [6, 6.07) is 10.9. The van der Waals surface area contributed by atoms with Crippen LogP contribution >= 0.6 is 0 Å². The molecule has 0 heterocycles. The lowest BCUT2D eigenvalue weighted by atomic mass is 10.2. The second kappa shape index (κ2) is 12.0. The number of carbonyl (C=O) groups is 2. The van der Waals surface area contributed by atoms with Gasteiger partial charge in [-0.05, 0) is 38.1 Å². The zero-order valence-electron chi connectivity index (χ0n) is 18.1. The Morgan fingerprint density at radius 1 is 0.788 bits per heavy atom. The highest BCUT2D eigenvalue weighted by Gasteiger charge is 2.47. The van der Waals surface area contributed by atoms with Crippen molar-refractivity contribution in [1.29, 1.82) is 0 Å². The minimum Gasteiger partial charge on any atom is -0.411 e. The number of rotatable bonds is 8. The molecule has 178 valence electrons. The number of nitrogens with zero attached hydrogens (tertiary/aromatic N) is 2. The standard InChI is InChI=1S/C19H20O6S2.C2H4N2O2/c1-4-17(20)18(21)19(26(22,23)15-9-5-13(2)6-10-15)27(24,25)16-11-7-14(3)8-12-16;5-3-1-2-4-6/h5-12,19H,4H2,1-3H3;1-2,5-6H/b;3-1-,4-2-. The van der Waals surface area contributed by atoms with Gasteiger partial charge in [0.15, 0.2) is 0 Å². The number of ketones is 2. The number of hydrogen-bond acceptors (Lipinski definition) is 10. The lowest BCUT2D eigenvalue weighted by Gasteiger charge is -2.17. The molecular weight excluding hydrogens is 472 g/mol. The number of oxime groups is 2. The molecular formula is C21H24N2O8S2. The maximum Gasteiger partial charge on any atom is 0.237 e. The molecule has 0 aliphatic carbocycles. The van der Waals surface area contributed by atoms with E-state index in [0.717, 1.165) is 23.6 Å². The first kappa shape index (κ1) is 27.7. The summed E-state index contributed by atoms with van der Waals surface area (Å²) in [6.07, 6.45) is 1.60. The van der Waals surface area contributed by atoms with Gasteiger partial charge in [0.25, 0.3) is 0 Å². The number of Topliss-reactive ketones (excluding diaryl/α,β-unsaturated/α-hetero) is 2. The van der Waals surface area contributed by atoms with Crippen LogP contribution in [0.1, 0.15) is 24.5 Å². The molecule has 0 bridgehead atoms. The molecule has 0 atom stereocenters. The zero-order chi connectivity index (χ0) is 25.2. The van der Waals surface area contributed by atoms with E-state index in [1.807, 2.05) is 0 Å². The Kier molecular flexibility index (Phi) is 10.1. The molecule has 2 aromatic carbocycles. The summed E-state index contributed by atoms with van der Waals surface area (Å²) >= 11 is 0. The maximum atomic E-state index is 13.0. The van der Waals surface area contributed by atoms with Gasteiger partial charge in [-0.25, -0.2) is 16.8 Å². The van der Waals surface area contributed by atoms with E-state index in [1.165, 1.54) is 55.5 Å². The van der Waals surface area contributed by atoms with Crippen molar-refractivity contribution >= 4 is 43.7 Å². The third-order valence-corrected chi connectivity index (χ3v) is 9.21. The van der Waals surface area contributed by atoms with Gasteiger partial charge in [0, 0.05) is 6.42 Å². The van der Waals surface area contributed by atoms with Crippen LogP contribution in [0.25, 0.3) is 0 Å². The van der Waals surface area contributed by atoms with Crippen LogP contribution in [0.2, 0.25) is 0 Å².